The lowest BCUT2D eigenvalue weighted by molar-refractivity contribution is -0.119. The SMILES string of the molecule is CCC(=O)CCC1CCC(C(C=O)C2CCC(c3ccc(CCCF)nn3)CC2)CC1. The Kier molecular flexibility index (Phi) is 9.60. The van der Waals surface area contributed by atoms with Crippen molar-refractivity contribution in [3.05, 3.63) is 23.5 Å². The second-order valence-electron chi connectivity index (χ2n) is 9.78. The second kappa shape index (κ2) is 12.4. The molecule has 0 N–H and O–H groups in total. The third-order valence-corrected chi connectivity index (χ3v) is 7.86. The monoisotopic (exact) mass is 430 g/mol. The van der Waals surface area contributed by atoms with Crippen molar-refractivity contribution in [2.24, 2.45) is 23.7 Å². The maximum absolute atomic E-state index is 12.3. The Labute approximate surface area is 186 Å². The smallest absolute Gasteiger partial charge is 0.132 e. The first kappa shape index (κ1) is 24.0. The molecule has 1 aromatic heterocycles. The average Bonchev–Trinajstić information content (AvgIpc) is 2.83. The van der Waals surface area contributed by atoms with Gasteiger partial charge in [0.2, 0.25) is 0 Å². The molecule has 31 heavy (non-hydrogen) atoms. The van der Waals surface area contributed by atoms with Crippen molar-refractivity contribution in [1.29, 1.82) is 0 Å². The van der Waals surface area contributed by atoms with E-state index in [2.05, 4.69) is 16.3 Å². The predicted molar refractivity (Wildman–Crippen MR) is 121 cm³/mol. The summed E-state index contributed by atoms with van der Waals surface area (Å²) < 4.78 is 12.3. The Morgan fingerprint density at radius 2 is 1.74 bits per heavy atom. The molecule has 0 aliphatic heterocycles. The van der Waals surface area contributed by atoms with Gasteiger partial charge in [0.05, 0.1) is 18.1 Å². The van der Waals surface area contributed by atoms with Crippen molar-refractivity contribution in [3.63, 3.8) is 0 Å². The van der Waals surface area contributed by atoms with Crippen LogP contribution in [-0.2, 0) is 16.0 Å². The van der Waals surface area contributed by atoms with E-state index in [1.165, 1.54) is 19.1 Å². The van der Waals surface area contributed by atoms with E-state index in [9.17, 15) is 14.0 Å². The number of ketones is 1. The van der Waals surface area contributed by atoms with Gasteiger partial charge in [-0.25, -0.2) is 0 Å². The lowest BCUT2D eigenvalue weighted by atomic mass is 9.66. The van der Waals surface area contributed by atoms with Crippen molar-refractivity contribution in [1.82, 2.24) is 10.2 Å². The number of rotatable bonds is 11. The highest BCUT2D eigenvalue weighted by Gasteiger charge is 2.35. The lowest BCUT2D eigenvalue weighted by Crippen LogP contribution is -2.31. The van der Waals surface area contributed by atoms with Crippen LogP contribution in [-0.4, -0.2) is 28.9 Å². The van der Waals surface area contributed by atoms with E-state index in [1.54, 1.807) is 0 Å². The number of aldehydes is 1. The van der Waals surface area contributed by atoms with E-state index in [0.717, 1.165) is 62.8 Å². The first-order valence-electron chi connectivity index (χ1n) is 12.5. The summed E-state index contributed by atoms with van der Waals surface area (Å²) >= 11 is 0. The van der Waals surface area contributed by atoms with E-state index in [1.807, 2.05) is 13.0 Å². The fourth-order valence-electron chi connectivity index (χ4n) is 5.78. The van der Waals surface area contributed by atoms with Crippen molar-refractivity contribution in [3.8, 4) is 0 Å². The van der Waals surface area contributed by atoms with Crippen LogP contribution < -0.4 is 0 Å². The van der Waals surface area contributed by atoms with E-state index in [4.69, 9.17) is 0 Å². The van der Waals surface area contributed by atoms with Crippen LogP contribution in [0, 0.1) is 23.7 Å². The van der Waals surface area contributed by atoms with E-state index in [0.29, 0.717) is 48.7 Å². The summed E-state index contributed by atoms with van der Waals surface area (Å²) in [5, 5.41) is 8.69. The third-order valence-electron chi connectivity index (χ3n) is 7.86. The van der Waals surface area contributed by atoms with Gasteiger partial charge >= 0.3 is 0 Å². The molecule has 0 bridgehead atoms. The van der Waals surface area contributed by atoms with Crippen molar-refractivity contribution >= 4 is 12.1 Å². The first-order chi connectivity index (χ1) is 15.1. The second-order valence-corrected chi connectivity index (χ2v) is 9.78. The molecule has 2 aliphatic carbocycles. The van der Waals surface area contributed by atoms with Crippen LogP contribution >= 0.6 is 0 Å². The maximum Gasteiger partial charge on any atom is 0.132 e. The zero-order chi connectivity index (χ0) is 22.1. The molecule has 3 rings (SSSR count). The molecule has 2 aliphatic rings. The molecule has 2 saturated carbocycles. The van der Waals surface area contributed by atoms with Gasteiger partial charge in [0, 0.05) is 24.7 Å². The molecule has 1 unspecified atom stereocenters. The molecule has 0 saturated heterocycles. The van der Waals surface area contributed by atoms with Gasteiger partial charge in [0.1, 0.15) is 12.1 Å². The van der Waals surface area contributed by atoms with Gasteiger partial charge in [-0.05, 0) is 87.7 Å². The summed E-state index contributed by atoms with van der Waals surface area (Å²) in [7, 11) is 0. The Morgan fingerprint density at radius 1 is 1.06 bits per heavy atom. The number of carbonyl (C=O) groups is 2. The molecular weight excluding hydrogens is 391 g/mol. The van der Waals surface area contributed by atoms with Crippen LogP contribution in [0.15, 0.2) is 12.1 Å². The Hall–Kier alpha value is -1.65. The highest BCUT2D eigenvalue weighted by molar-refractivity contribution is 5.77. The number of Topliss-reactive ketones (excluding diaryl/α,β-unsaturated/α-hetero) is 1. The number of hydrogen-bond acceptors (Lipinski definition) is 4. The molecule has 4 nitrogen and oxygen atoms in total. The Morgan fingerprint density at radius 3 is 2.29 bits per heavy atom. The minimum absolute atomic E-state index is 0.188. The summed E-state index contributed by atoms with van der Waals surface area (Å²) in [5.74, 6) is 2.68. The highest BCUT2D eigenvalue weighted by atomic mass is 19.1. The topological polar surface area (TPSA) is 59.9 Å². The molecule has 2 fully saturated rings. The average molecular weight is 431 g/mol. The fourth-order valence-corrected chi connectivity index (χ4v) is 5.78. The molecular formula is C26H39FN2O2. The van der Waals surface area contributed by atoms with Crippen LogP contribution in [0.2, 0.25) is 0 Å². The van der Waals surface area contributed by atoms with E-state index in [-0.39, 0.29) is 12.6 Å². The van der Waals surface area contributed by atoms with Crippen LogP contribution in [0.25, 0.3) is 0 Å². The number of hydrogen-bond donors (Lipinski definition) is 0. The molecule has 1 heterocycles. The van der Waals surface area contributed by atoms with Crippen LogP contribution in [0.3, 0.4) is 0 Å². The van der Waals surface area contributed by atoms with Gasteiger partial charge in [-0.1, -0.05) is 19.8 Å². The molecule has 0 spiro atoms. The minimum Gasteiger partial charge on any atom is -0.303 e. The molecule has 172 valence electrons. The molecule has 0 aromatic carbocycles. The molecule has 5 heteroatoms. The van der Waals surface area contributed by atoms with Crippen molar-refractivity contribution in [2.75, 3.05) is 6.67 Å². The van der Waals surface area contributed by atoms with Gasteiger partial charge in [-0.3, -0.25) is 9.18 Å². The standard InChI is InChI=1S/C26H39FN2O2/c1-2-24(31)15-7-19-5-8-20(9-6-19)25(18-30)21-10-12-22(13-11-21)26-16-14-23(28-29-26)4-3-17-27/h14,16,18-22,25H,2-13,15,17H2,1H3. The third kappa shape index (κ3) is 6.92. The van der Waals surface area contributed by atoms with Crippen LogP contribution in [0.5, 0.6) is 0 Å². The molecule has 1 aromatic rings. The summed E-state index contributed by atoms with van der Waals surface area (Å²) in [5.41, 5.74) is 1.91. The van der Waals surface area contributed by atoms with Gasteiger partial charge in [-0.2, -0.15) is 10.2 Å². The Balaban J connectivity index is 1.45. The van der Waals surface area contributed by atoms with E-state index >= 15 is 0 Å². The molecule has 0 amide bonds. The highest BCUT2D eigenvalue weighted by Crippen LogP contribution is 2.44. The van der Waals surface area contributed by atoms with Crippen molar-refractivity contribution < 1.29 is 14.0 Å². The molecule has 1 atom stereocenters. The van der Waals surface area contributed by atoms with Gasteiger partial charge < -0.3 is 4.79 Å². The largest absolute Gasteiger partial charge is 0.303 e. The van der Waals surface area contributed by atoms with Crippen LogP contribution in [0.1, 0.15) is 101 Å². The fraction of sp³-hybridized carbons (Fsp3) is 0.769. The Bertz CT molecular complexity index is 677. The predicted octanol–water partition coefficient (Wildman–Crippen LogP) is 6.03. The number of carbonyl (C=O) groups excluding carboxylic acids is 2. The van der Waals surface area contributed by atoms with Crippen molar-refractivity contribution in [2.45, 2.75) is 96.3 Å². The van der Waals surface area contributed by atoms with Gasteiger partial charge in [-0.15, -0.1) is 0 Å². The minimum atomic E-state index is -0.314. The first-order valence-corrected chi connectivity index (χ1v) is 12.5. The normalized spacial score (nSPS) is 27.5. The van der Waals surface area contributed by atoms with Gasteiger partial charge in [0.15, 0.2) is 0 Å². The zero-order valence-corrected chi connectivity index (χ0v) is 19.1. The number of nitrogens with zero attached hydrogens (tertiary/aromatic N) is 2. The summed E-state index contributed by atoms with van der Waals surface area (Å²) in [6.45, 7) is 1.63. The number of halogens is 1. The van der Waals surface area contributed by atoms with E-state index < -0.39 is 0 Å². The summed E-state index contributed by atoms with van der Waals surface area (Å²) in [6.07, 6.45) is 13.8. The number of aromatic nitrogens is 2. The van der Waals surface area contributed by atoms with Gasteiger partial charge in [0.25, 0.3) is 0 Å². The number of aryl methyl sites for hydroxylation is 1. The zero-order valence-electron chi connectivity index (χ0n) is 19.1. The molecule has 0 radical (unpaired) electrons. The lowest BCUT2D eigenvalue weighted by Gasteiger charge is -2.38. The maximum atomic E-state index is 12.3. The summed E-state index contributed by atoms with van der Waals surface area (Å²) in [6, 6.07) is 4.05. The summed E-state index contributed by atoms with van der Waals surface area (Å²) in [4.78, 5) is 23.6. The quantitative estimate of drug-likeness (QED) is 0.402. The van der Waals surface area contributed by atoms with Crippen LogP contribution in [0.4, 0.5) is 4.39 Å². The number of alkyl halides is 1.